The van der Waals surface area contributed by atoms with Gasteiger partial charge >= 0.3 is 6.09 Å². The number of hydrogen-bond donors (Lipinski definition) is 3. The number of aromatic amines is 1. The van der Waals surface area contributed by atoms with Crippen molar-refractivity contribution < 1.29 is 9.53 Å². The van der Waals surface area contributed by atoms with E-state index in [9.17, 15) is 9.59 Å². The number of carbonyl (C=O) groups excluding carboxylic acids is 1. The summed E-state index contributed by atoms with van der Waals surface area (Å²) in [6.45, 7) is 12.2. The Morgan fingerprint density at radius 2 is 1.65 bits per heavy atom. The van der Waals surface area contributed by atoms with Crippen molar-refractivity contribution in [3.63, 3.8) is 0 Å². The lowest BCUT2D eigenvalue weighted by Gasteiger charge is -2.29. The SMILES string of the molecule is CCNc1c(-c2ccc(C(C)(C)NC(=O)OC(C)(C)C)cc2)ccc2c(=O)[nH]ccc12. The van der Waals surface area contributed by atoms with Gasteiger partial charge < -0.3 is 20.4 Å². The minimum absolute atomic E-state index is 0.103. The van der Waals surface area contributed by atoms with E-state index in [1.807, 2.05) is 84.0 Å². The molecule has 0 aliphatic heterocycles. The first-order valence-electron chi connectivity index (χ1n) is 10.5. The van der Waals surface area contributed by atoms with Gasteiger partial charge in [0.05, 0.1) is 11.2 Å². The van der Waals surface area contributed by atoms with E-state index in [0.29, 0.717) is 5.39 Å². The van der Waals surface area contributed by atoms with Gasteiger partial charge in [0.15, 0.2) is 0 Å². The van der Waals surface area contributed by atoms with Gasteiger partial charge in [-0.15, -0.1) is 0 Å². The third-order valence-corrected chi connectivity index (χ3v) is 5.04. The Morgan fingerprint density at radius 1 is 0.968 bits per heavy atom. The topological polar surface area (TPSA) is 83.2 Å². The van der Waals surface area contributed by atoms with Crippen LogP contribution in [0, 0.1) is 0 Å². The van der Waals surface area contributed by atoms with Crippen LogP contribution < -0.4 is 16.2 Å². The van der Waals surface area contributed by atoms with E-state index in [0.717, 1.165) is 34.3 Å². The third kappa shape index (κ3) is 5.08. The van der Waals surface area contributed by atoms with Crippen molar-refractivity contribution in [3.8, 4) is 11.1 Å². The Morgan fingerprint density at radius 3 is 2.26 bits per heavy atom. The molecule has 3 aromatic rings. The van der Waals surface area contributed by atoms with Crippen molar-refractivity contribution in [3.05, 3.63) is 64.6 Å². The van der Waals surface area contributed by atoms with Gasteiger partial charge in [-0.2, -0.15) is 0 Å². The Bertz CT molecular complexity index is 1140. The van der Waals surface area contributed by atoms with E-state index in [2.05, 4.69) is 15.6 Å². The fourth-order valence-corrected chi connectivity index (χ4v) is 3.57. The fourth-order valence-electron chi connectivity index (χ4n) is 3.57. The monoisotopic (exact) mass is 421 g/mol. The smallest absolute Gasteiger partial charge is 0.408 e. The lowest BCUT2D eigenvalue weighted by molar-refractivity contribution is 0.0470. The third-order valence-electron chi connectivity index (χ3n) is 5.04. The molecule has 0 aliphatic carbocycles. The molecule has 1 heterocycles. The van der Waals surface area contributed by atoms with Crippen LogP contribution in [0.4, 0.5) is 10.5 Å². The highest BCUT2D eigenvalue weighted by atomic mass is 16.6. The summed E-state index contributed by atoms with van der Waals surface area (Å²) in [7, 11) is 0. The molecular formula is C25H31N3O3. The molecule has 1 amide bonds. The van der Waals surface area contributed by atoms with Gasteiger partial charge in [-0.25, -0.2) is 4.79 Å². The Hall–Kier alpha value is -3.28. The van der Waals surface area contributed by atoms with Crippen molar-refractivity contribution in [1.29, 1.82) is 0 Å². The molecule has 0 fully saturated rings. The number of H-pyrrole nitrogens is 1. The zero-order valence-electron chi connectivity index (χ0n) is 19.1. The molecule has 0 saturated heterocycles. The lowest BCUT2D eigenvalue weighted by atomic mass is 9.91. The molecule has 6 heteroatoms. The van der Waals surface area contributed by atoms with Crippen LogP contribution in [0.1, 0.15) is 47.1 Å². The van der Waals surface area contributed by atoms with Crippen molar-refractivity contribution >= 4 is 22.6 Å². The summed E-state index contributed by atoms with van der Waals surface area (Å²) in [5, 5.41) is 7.89. The highest BCUT2D eigenvalue weighted by molar-refractivity contribution is 6.01. The number of ether oxygens (including phenoxy) is 1. The van der Waals surface area contributed by atoms with E-state index in [1.165, 1.54) is 0 Å². The standard InChI is InChI=1S/C25H31N3O3/c1-7-26-21-18(12-13-20-19(21)14-15-27-22(20)29)16-8-10-17(11-9-16)25(5,6)28-23(30)31-24(2,3)4/h8-15,26H,7H2,1-6H3,(H,27,29)(H,28,30). The van der Waals surface area contributed by atoms with Crippen LogP contribution in [-0.4, -0.2) is 23.2 Å². The predicted molar refractivity (Wildman–Crippen MR) is 127 cm³/mol. The molecular weight excluding hydrogens is 390 g/mol. The summed E-state index contributed by atoms with van der Waals surface area (Å²) >= 11 is 0. The van der Waals surface area contributed by atoms with Gasteiger partial charge in [-0.1, -0.05) is 30.3 Å². The van der Waals surface area contributed by atoms with E-state index in [4.69, 9.17) is 4.74 Å². The van der Waals surface area contributed by atoms with Gasteiger partial charge in [0.2, 0.25) is 0 Å². The number of carbonyl (C=O) groups is 1. The maximum atomic E-state index is 12.2. The molecule has 0 spiro atoms. The molecule has 31 heavy (non-hydrogen) atoms. The number of pyridine rings is 1. The van der Waals surface area contributed by atoms with Crippen LogP contribution in [0.2, 0.25) is 0 Å². The Balaban J connectivity index is 1.94. The number of fused-ring (bicyclic) bond motifs is 1. The quantitative estimate of drug-likeness (QED) is 0.516. The molecule has 0 saturated carbocycles. The number of nitrogens with one attached hydrogen (secondary N) is 3. The van der Waals surface area contributed by atoms with Gasteiger partial charge in [0.25, 0.3) is 5.56 Å². The summed E-state index contributed by atoms with van der Waals surface area (Å²) in [5.74, 6) is 0. The predicted octanol–water partition coefficient (Wildman–Crippen LogP) is 5.39. The number of alkyl carbamates (subject to hydrolysis) is 1. The van der Waals surface area contributed by atoms with Gasteiger partial charge in [0.1, 0.15) is 5.60 Å². The van der Waals surface area contributed by atoms with E-state index in [1.54, 1.807) is 6.20 Å². The molecule has 6 nitrogen and oxygen atoms in total. The molecule has 164 valence electrons. The van der Waals surface area contributed by atoms with Crippen LogP contribution in [0.5, 0.6) is 0 Å². The van der Waals surface area contributed by atoms with Crippen molar-refractivity contribution in [2.75, 3.05) is 11.9 Å². The average Bonchev–Trinajstić information content (AvgIpc) is 2.67. The zero-order valence-corrected chi connectivity index (χ0v) is 19.1. The normalized spacial score (nSPS) is 11.9. The van der Waals surface area contributed by atoms with Gasteiger partial charge in [0, 0.05) is 29.1 Å². The number of amides is 1. The van der Waals surface area contributed by atoms with Crippen LogP contribution in [0.15, 0.2) is 53.5 Å². The van der Waals surface area contributed by atoms with E-state index < -0.39 is 17.2 Å². The van der Waals surface area contributed by atoms with Crippen molar-refractivity contribution in [1.82, 2.24) is 10.3 Å². The Labute approximate surface area is 183 Å². The maximum Gasteiger partial charge on any atom is 0.408 e. The number of rotatable bonds is 5. The van der Waals surface area contributed by atoms with Crippen molar-refractivity contribution in [2.45, 2.75) is 52.7 Å². The minimum Gasteiger partial charge on any atom is -0.444 e. The van der Waals surface area contributed by atoms with Crippen LogP contribution >= 0.6 is 0 Å². The fraction of sp³-hybridized carbons (Fsp3) is 0.360. The van der Waals surface area contributed by atoms with Crippen molar-refractivity contribution in [2.24, 2.45) is 0 Å². The van der Waals surface area contributed by atoms with Gasteiger partial charge in [-0.3, -0.25) is 4.79 Å². The number of benzene rings is 2. The molecule has 2 aromatic carbocycles. The number of anilines is 1. The summed E-state index contributed by atoms with van der Waals surface area (Å²) in [6.07, 6.45) is 1.22. The lowest BCUT2D eigenvalue weighted by Crippen LogP contribution is -2.43. The number of aromatic nitrogens is 1. The molecule has 0 unspecified atom stereocenters. The largest absolute Gasteiger partial charge is 0.444 e. The molecule has 0 atom stereocenters. The van der Waals surface area contributed by atoms with E-state index >= 15 is 0 Å². The first-order valence-corrected chi connectivity index (χ1v) is 10.5. The molecule has 0 bridgehead atoms. The van der Waals surface area contributed by atoms with Crippen LogP contribution in [0.3, 0.4) is 0 Å². The summed E-state index contributed by atoms with van der Waals surface area (Å²) < 4.78 is 5.39. The summed E-state index contributed by atoms with van der Waals surface area (Å²) in [6, 6.07) is 13.8. The second-order valence-electron chi connectivity index (χ2n) is 9.12. The molecule has 3 N–H and O–H groups in total. The highest BCUT2D eigenvalue weighted by Crippen LogP contribution is 2.34. The molecule has 3 rings (SSSR count). The first-order chi connectivity index (χ1) is 14.5. The highest BCUT2D eigenvalue weighted by Gasteiger charge is 2.26. The zero-order chi connectivity index (χ0) is 22.8. The summed E-state index contributed by atoms with van der Waals surface area (Å²) in [4.78, 5) is 27.1. The van der Waals surface area contributed by atoms with Gasteiger partial charge in [-0.05, 0) is 64.8 Å². The van der Waals surface area contributed by atoms with Crippen LogP contribution in [-0.2, 0) is 10.3 Å². The second-order valence-corrected chi connectivity index (χ2v) is 9.12. The molecule has 0 radical (unpaired) electrons. The van der Waals surface area contributed by atoms with E-state index in [-0.39, 0.29) is 5.56 Å². The maximum absolute atomic E-state index is 12.2. The van der Waals surface area contributed by atoms with Crippen LogP contribution in [0.25, 0.3) is 21.9 Å². The average molecular weight is 422 g/mol. The molecule has 1 aromatic heterocycles. The second kappa shape index (κ2) is 8.46. The molecule has 0 aliphatic rings. The summed E-state index contributed by atoms with van der Waals surface area (Å²) in [5.41, 5.74) is 2.69. The Kier molecular flexibility index (Phi) is 6.11. The first kappa shape index (κ1) is 22.4. The number of hydrogen-bond acceptors (Lipinski definition) is 4. The minimum atomic E-state index is -0.595.